The lowest BCUT2D eigenvalue weighted by Crippen LogP contribution is -2.23. The van der Waals surface area contributed by atoms with E-state index in [-0.39, 0.29) is 17.7 Å². The first-order valence-corrected chi connectivity index (χ1v) is 7.71. The Labute approximate surface area is 136 Å². The molecule has 2 aromatic carbocycles. The molecule has 0 atom stereocenters. The second-order valence-corrected chi connectivity index (χ2v) is 5.84. The van der Waals surface area contributed by atoms with Gasteiger partial charge in [-0.15, -0.1) is 0 Å². The Kier molecular flexibility index (Phi) is 5.52. The number of carbonyl (C=O) groups excluding carboxylic acids is 2. The molecule has 0 aromatic heterocycles. The Hall–Kier alpha value is -2.62. The van der Waals surface area contributed by atoms with Crippen molar-refractivity contribution in [2.45, 2.75) is 27.3 Å². The van der Waals surface area contributed by atoms with Crippen LogP contribution in [0, 0.1) is 12.8 Å². The van der Waals surface area contributed by atoms with Crippen molar-refractivity contribution < 1.29 is 9.59 Å². The van der Waals surface area contributed by atoms with Crippen LogP contribution in [0.5, 0.6) is 0 Å². The number of hydrogen-bond acceptors (Lipinski definition) is 2. The van der Waals surface area contributed by atoms with E-state index in [0.29, 0.717) is 12.1 Å². The molecule has 0 saturated heterocycles. The van der Waals surface area contributed by atoms with Gasteiger partial charge < -0.3 is 10.6 Å². The standard InChI is InChI=1S/C19H22N2O2/c1-13(2)18(22)21-16-10-8-15(9-11-16)12-20-19(23)17-7-5-4-6-14(17)3/h4-11,13H,12H2,1-3H3,(H,20,23)(H,21,22). The van der Waals surface area contributed by atoms with Crippen molar-refractivity contribution in [1.29, 1.82) is 0 Å². The number of aryl methyl sites for hydroxylation is 1. The number of rotatable bonds is 5. The Morgan fingerprint density at radius 2 is 1.65 bits per heavy atom. The summed E-state index contributed by atoms with van der Waals surface area (Å²) in [4.78, 5) is 23.8. The third-order valence-corrected chi connectivity index (χ3v) is 3.59. The zero-order chi connectivity index (χ0) is 16.8. The van der Waals surface area contributed by atoms with E-state index in [1.165, 1.54) is 0 Å². The molecule has 23 heavy (non-hydrogen) atoms. The first kappa shape index (κ1) is 16.7. The molecule has 2 rings (SSSR count). The number of nitrogens with one attached hydrogen (secondary N) is 2. The molecule has 0 bridgehead atoms. The number of amides is 2. The molecule has 120 valence electrons. The summed E-state index contributed by atoms with van der Waals surface area (Å²) in [6.07, 6.45) is 0. The molecule has 0 aliphatic rings. The number of carbonyl (C=O) groups is 2. The van der Waals surface area contributed by atoms with E-state index in [1.54, 1.807) is 0 Å². The van der Waals surface area contributed by atoms with Crippen LogP contribution < -0.4 is 10.6 Å². The van der Waals surface area contributed by atoms with Crippen molar-refractivity contribution in [3.05, 3.63) is 65.2 Å². The number of anilines is 1. The fourth-order valence-electron chi connectivity index (χ4n) is 2.10. The van der Waals surface area contributed by atoms with Crippen LogP contribution in [0.1, 0.15) is 35.3 Å². The molecule has 0 saturated carbocycles. The maximum atomic E-state index is 12.2. The Bertz CT molecular complexity index is 691. The SMILES string of the molecule is Cc1ccccc1C(=O)NCc1ccc(NC(=O)C(C)C)cc1. The molecule has 0 aliphatic carbocycles. The molecule has 2 amide bonds. The van der Waals surface area contributed by atoms with Crippen LogP contribution in [0.25, 0.3) is 0 Å². The van der Waals surface area contributed by atoms with Gasteiger partial charge in [-0.25, -0.2) is 0 Å². The van der Waals surface area contributed by atoms with Crippen LogP contribution in [-0.2, 0) is 11.3 Å². The van der Waals surface area contributed by atoms with Crippen LogP contribution in [0.4, 0.5) is 5.69 Å². The maximum Gasteiger partial charge on any atom is 0.251 e. The van der Waals surface area contributed by atoms with E-state index in [9.17, 15) is 9.59 Å². The molecule has 2 N–H and O–H groups in total. The van der Waals surface area contributed by atoms with Gasteiger partial charge in [-0.2, -0.15) is 0 Å². The third-order valence-electron chi connectivity index (χ3n) is 3.59. The van der Waals surface area contributed by atoms with Crippen LogP contribution in [-0.4, -0.2) is 11.8 Å². The first-order chi connectivity index (χ1) is 11.0. The number of benzene rings is 2. The average molecular weight is 310 g/mol. The summed E-state index contributed by atoms with van der Waals surface area (Å²) in [6.45, 7) is 6.07. The molecule has 0 radical (unpaired) electrons. The summed E-state index contributed by atoms with van der Waals surface area (Å²) in [7, 11) is 0. The summed E-state index contributed by atoms with van der Waals surface area (Å²) < 4.78 is 0. The smallest absolute Gasteiger partial charge is 0.251 e. The zero-order valence-corrected chi connectivity index (χ0v) is 13.7. The largest absolute Gasteiger partial charge is 0.348 e. The van der Waals surface area contributed by atoms with Crippen LogP contribution in [0.2, 0.25) is 0 Å². The predicted octanol–water partition coefficient (Wildman–Crippen LogP) is 3.52. The van der Waals surface area contributed by atoms with Gasteiger partial charge in [0.05, 0.1) is 0 Å². The van der Waals surface area contributed by atoms with Crippen LogP contribution in [0.3, 0.4) is 0 Å². The highest BCUT2D eigenvalue weighted by molar-refractivity contribution is 5.95. The van der Waals surface area contributed by atoms with Crippen molar-refractivity contribution in [3.63, 3.8) is 0 Å². The highest BCUT2D eigenvalue weighted by Gasteiger charge is 2.08. The van der Waals surface area contributed by atoms with E-state index in [1.807, 2.05) is 69.3 Å². The molecule has 0 fully saturated rings. The Morgan fingerprint density at radius 1 is 1.00 bits per heavy atom. The molecule has 0 spiro atoms. The average Bonchev–Trinajstić information content (AvgIpc) is 2.54. The monoisotopic (exact) mass is 310 g/mol. The fourth-order valence-corrected chi connectivity index (χ4v) is 2.10. The second kappa shape index (κ2) is 7.58. The lowest BCUT2D eigenvalue weighted by molar-refractivity contribution is -0.118. The topological polar surface area (TPSA) is 58.2 Å². The van der Waals surface area contributed by atoms with Gasteiger partial charge in [0, 0.05) is 23.7 Å². The van der Waals surface area contributed by atoms with Gasteiger partial charge in [-0.3, -0.25) is 9.59 Å². The van der Waals surface area contributed by atoms with Crippen molar-refractivity contribution in [3.8, 4) is 0 Å². The van der Waals surface area contributed by atoms with Gasteiger partial charge in [-0.1, -0.05) is 44.2 Å². The van der Waals surface area contributed by atoms with Gasteiger partial charge in [0.2, 0.25) is 5.91 Å². The molecule has 2 aromatic rings. The lowest BCUT2D eigenvalue weighted by Gasteiger charge is -2.10. The molecular weight excluding hydrogens is 288 g/mol. The number of hydrogen-bond donors (Lipinski definition) is 2. The summed E-state index contributed by atoms with van der Waals surface area (Å²) in [5.41, 5.74) is 3.39. The highest BCUT2D eigenvalue weighted by Crippen LogP contribution is 2.12. The minimum atomic E-state index is -0.0831. The molecular formula is C19H22N2O2. The van der Waals surface area contributed by atoms with Crippen molar-refractivity contribution in [2.75, 3.05) is 5.32 Å². The molecule has 4 nitrogen and oxygen atoms in total. The highest BCUT2D eigenvalue weighted by atomic mass is 16.2. The van der Waals surface area contributed by atoms with E-state index in [4.69, 9.17) is 0 Å². The Balaban J connectivity index is 1.93. The van der Waals surface area contributed by atoms with Crippen molar-refractivity contribution >= 4 is 17.5 Å². The van der Waals surface area contributed by atoms with E-state index < -0.39 is 0 Å². The minimum Gasteiger partial charge on any atom is -0.348 e. The van der Waals surface area contributed by atoms with Gasteiger partial charge in [-0.05, 0) is 36.2 Å². The first-order valence-electron chi connectivity index (χ1n) is 7.71. The molecule has 4 heteroatoms. The summed E-state index contributed by atoms with van der Waals surface area (Å²) in [6, 6.07) is 15.0. The van der Waals surface area contributed by atoms with E-state index in [2.05, 4.69) is 10.6 Å². The summed E-state index contributed by atoms with van der Waals surface area (Å²) in [5.74, 6) is -0.144. The van der Waals surface area contributed by atoms with Gasteiger partial charge >= 0.3 is 0 Å². The summed E-state index contributed by atoms with van der Waals surface area (Å²) in [5, 5.41) is 5.75. The molecule has 0 heterocycles. The van der Waals surface area contributed by atoms with Gasteiger partial charge in [0.1, 0.15) is 0 Å². The lowest BCUT2D eigenvalue weighted by atomic mass is 10.1. The van der Waals surface area contributed by atoms with Crippen molar-refractivity contribution in [1.82, 2.24) is 5.32 Å². The van der Waals surface area contributed by atoms with Gasteiger partial charge in [0.25, 0.3) is 5.91 Å². The molecule has 0 unspecified atom stereocenters. The fraction of sp³-hybridized carbons (Fsp3) is 0.263. The summed E-state index contributed by atoms with van der Waals surface area (Å²) >= 11 is 0. The zero-order valence-electron chi connectivity index (χ0n) is 13.7. The van der Waals surface area contributed by atoms with E-state index in [0.717, 1.165) is 16.8 Å². The van der Waals surface area contributed by atoms with Crippen LogP contribution >= 0.6 is 0 Å². The minimum absolute atomic E-state index is 0.00870. The van der Waals surface area contributed by atoms with Crippen LogP contribution in [0.15, 0.2) is 48.5 Å². The Morgan fingerprint density at radius 3 is 2.26 bits per heavy atom. The quantitative estimate of drug-likeness (QED) is 0.887. The van der Waals surface area contributed by atoms with Crippen molar-refractivity contribution in [2.24, 2.45) is 5.92 Å². The third kappa shape index (κ3) is 4.68. The van der Waals surface area contributed by atoms with E-state index >= 15 is 0 Å². The molecule has 0 aliphatic heterocycles. The van der Waals surface area contributed by atoms with Gasteiger partial charge in [0.15, 0.2) is 0 Å². The predicted molar refractivity (Wildman–Crippen MR) is 92.3 cm³/mol. The normalized spacial score (nSPS) is 10.4. The maximum absolute atomic E-state index is 12.2. The second-order valence-electron chi connectivity index (χ2n) is 5.84.